The molecule has 30 heavy (non-hydrogen) atoms. The van der Waals surface area contributed by atoms with Crippen molar-refractivity contribution in [3.05, 3.63) is 99.3 Å². The number of carbonyl (C=O) groups is 2. The number of fused-ring (bicyclic) bond motifs is 1. The van der Waals surface area contributed by atoms with Gasteiger partial charge in [-0.25, -0.2) is 13.6 Å². The minimum atomic E-state index is -1.10. The number of pyridine rings is 1. The summed E-state index contributed by atoms with van der Waals surface area (Å²) in [5.41, 5.74) is 0.825. The number of ketones is 1. The lowest BCUT2D eigenvalue weighted by molar-refractivity contribution is 0.0696. The van der Waals surface area contributed by atoms with Crippen LogP contribution in [0.1, 0.15) is 26.4 Å². The SMILES string of the molecule is O=C(O)c1ccc(-c2cc(C(=O)c3c(Cl)ccc(F)c3Cl)n3cccc(F)c23)cc1. The van der Waals surface area contributed by atoms with Crippen molar-refractivity contribution in [2.75, 3.05) is 0 Å². The van der Waals surface area contributed by atoms with Gasteiger partial charge in [-0.3, -0.25) is 4.79 Å². The van der Waals surface area contributed by atoms with Crippen molar-refractivity contribution >= 4 is 40.5 Å². The van der Waals surface area contributed by atoms with E-state index in [2.05, 4.69) is 0 Å². The minimum absolute atomic E-state index is 0.0243. The van der Waals surface area contributed by atoms with Crippen LogP contribution in [0.2, 0.25) is 10.0 Å². The van der Waals surface area contributed by atoms with Crippen LogP contribution in [0.15, 0.2) is 60.8 Å². The Morgan fingerprint density at radius 3 is 2.30 bits per heavy atom. The molecular weight excluding hydrogens is 435 g/mol. The van der Waals surface area contributed by atoms with Gasteiger partial charge in [0.1, 0.15) is 11.6 Å². The van der Waals surface area contributed by atoms with Gasteiger partial charge in [-0.05, 0) is 48.0 Å². The van der Waals surface area contributed by atoms with Crippen molar-refractivity contribution in [3.8, 4) is 11.1 Å². The predicted molar refractivity (Wildman–Crippen MR) is 110 cm³/mol. The van der Waals surface area contributed by atoms with Gasteiger partial charge >= 0.3 is 5.97 Å². The molecule has 4 rings (SSSR count). The summed E-state index contributed by atoms with van der Waals surface area (Å²) in [6.45, 7) is 0. The largest absolute Gasteiger partial charge is 0.478 e. The zero-order chi connectivity index (χ0) is 21.6. The molecule has 0 unspecified atom stereocenters. The molecule has 0 amide bonds. The second kappa shape index (κ2) is 7.55. The second-order valence-corrected chi connectivity index (χ2v) is 7.23. The first-order valence-electron chi connectivity index (χ1n) is 8.61. The smallest absolute Gasteiger partial charge is 0.335 e. The maximum atomic E-state index is 14.7. The second-order valence-electron chi connectivity index (χ2n) is 6.45. The Balaban J connectivity index is 1.95. The number of aromatic nitrogens is 1. The first-order valence-corrected chi connectivity index (χ1v) is 9.36. The first kappa shape index (κ1) is 20.1. The van der Waals surface area contributed by atoms with E-state index in [1.165, 1.54) is 59.1 Å². The Bertz CT molecular complexity index is 1330. The van der Waals surface area contributed by atoms with Crippen molar-refractivity contribution < 1.29 is 23.5 Å². The summed E-state index contributed by atoms with van der Waals surface area (Å²) < 4.78 is 30.0. The molecule has 0 aliphatic carbocycles. The molecular formula is C22H11Cl2F2NO3. The van der Waals surface area contributed by atoms with Crippen LogP contribution < -0.4 is 0 Å². The summed E-state index contributed by atoms with van der Waals surface area (Å²) in [4.78, 5) is 24.3. The van der Waals surface area contributed by atoms with Crippen molar-refractivity contribution in [1.29, 1.82) is 0 Å². The molecule has 4 aromatic rings. The molecule has 0 fully saturated rings. The number of halogens is 4. The summed E-state index contributed by atoms with van der Waals surface area (Å²) in [7, 11) is 0. The number of carboxylic acid groups (broad SMARTS) is 1. The van der Waals surface area contributed by atoms with Crippen LogP contribution in [0.25, 0.3) is 16.6 Å². The zero-order valence-corrected chi connectivity index (χ0v) is 16.5. The van der Waals surface area contributed by atoms with E-state index in [1.54, 1.807) is 0 Å². The van der Waals surface area contributed by atoms with E-state index in [4.69, 9.17) is 28.3 Å². The molecule has 0 radical (unpaired) electrons. The summed E-state index contributed by atoms with van der Waals surface area (Å²) in [6, 6.07) is 12.2. The number of carbonyl (C=O) groups excluding carboxylic acids is 1. The van der Waals surface area contributed by atoms with E-state index >= 15 is 0 Å². The summed E-state index contributed by atoms with van der Waals surface area (Å²) in [6.07, 6.45) is 1.49. The molecule has 150 valence electrons. The third-order valence-electron chi connectivity index (χ3n) is 4.69. The molecule has 0 aliphatic rings. The Kier molecular flexibility index (Phi) is 5.05. The fraction of sp³-hybridized carbons (Fsp3) is 0. The number of carboxylic acids is 1. The minimum Gasteiger partial charge on any atom is -0.478 e. The maximum Gasteiger partial charge on any atom is 0.335 e. The quantitative estimate of drug-likeness (QED) is 0.304. The van der Waals surface area contributed by atoms with E-state index in [1.807, 2.05) is 0 Å². The summed E-state index contributed by atoms with van der Waals surface area (Å²) in [5.74, 6) is -3.18. The number of hydrogen-bond acceptors (Lipinski definition) is 2. The normalized spacial score (nSPS) is 11.1. The van der Waals surface area contributed by atoms with Crippen LogP contribution in [-0.2, 0) is 0 Å². The molecule has 8 heteroatoms. The number of nitrogens with zero attached hydrogens (tertiary/aromatic N) is 1. The van der Waals surface area contributed by atoms with Crippen molar-refractivity contribution in [1.82, 2.24) is 4.40 Å². The maximum absolute atomic E-state index is 14.7. The number of benzene rings is 2. The third-order valence-corrected chi connectivity index (χ3v) is 5.37. The zero-order valence-electron chi connectivity index (χ0n) is 15.0. The first-order chi connectivity index (χ1) is 14.3. The molecule has 2 heterocycles. The average Bonchev–Trinajstić information content (AvgIpc) is 3.12. The van der Waals surface area contributed by atoms with Gasteiger partial charge in [-0.2, -0.15) is 0 Å². The van der Waals surface area contributed by atoms with Crippen LogP contribution in [0.4, 0.5) is 8.78 Å². The molecule has 2 aromatic carbocycles. The topological polar surface area (TPSA) is 58.8 Å². The van der Waals surface area contributed by atoms with E-state index in [0.717, 1.165) is 6.07 Å². The van der Waals surface area contributed by atoms with Gasteiger partial charge in [0.05, 0.1) is 32.4 Å². The number of rotatable bonds is 4. The van der Waals surface area contributed by atoms with Crippen LogP contribution in [0, 0.1) is 11.6 Å². The molecule has 0 bridgehead atoms. The Morgan fingerprint density at radius 2 is 1.63 bits per heavy atom. The highest BCUT2D eigenvalue weighted by Gasteiger charge is 2.25. The van der Waals surface area contributed by atoms with E-state index in [-0.39, 0.29) is 27.4 Å². The Hall–Kier alpha value is -3.22. The van der Waals surface area contributed by atoms with Crippen molar-refractivity contribution in [2.24, 2.45) is 0 Å². The van der Waals surface area contributed by atoms with Gasteiger partial charge in [-0.15, -0.1) is 0 Å². The monoisotopic (exact) mass is 445 g/mol. The van der Waals surface area contributed by atoms with Crippen molar-refractivity contribution in [2.45, 2.75) is 0 Å². The fourth-order valence-electron chi connectivity index (χ4n) is 3.27. The highest BCUT2D eigenvalue weighted by molar-refractivity contribution is 6.41. The van der Waals surface area contributed by atoms with Gasteiger partial charge in [0.15, 0.2) is 0 Å². The summed E-state index contributed by atoms with van der Waals surface area (Å²) in [5, 5.41) is 8.61. The van der Waals surface area contributed by atoms with Gasteiger partial charge in [0.2, 0.25) is 5.78 Å². The molecule has 0 aliphatic heterocycles. The molecule has 0 saturated carbocycles. The Labute approximate surface area is 178 Å². The van der Waals surface area contributed by atoms with E-state index in [9.17, 15) is 18.4 Å². The van der Waals surface area contributed by atoms with E-state index in [0.29, 0.717) is 11.1 Å². The van der Waals surface area contributed by atoms with Gasteiger partial charge in [0, 0.05) is 11.8 Å². The fourth-order valence-corrected chi connectivity index (χ4v) is 3.81. The third kappa shape index (κ3) is 3.24. The van der Waals surface area contributed by atoms with Gasteiger partial charge in [0.25, 0.3) is 0 Å². The molecule has 4 nitrogen and oxygen atoms in total. The lowest BCUT2D eigenvalue weighted by Crippen LogP contribution is -2.08. The molecule has 0 saturated heterocycles. The van der Waals surface area contributed by atoms with Crippen LogP contribution >= 0.6 is 23.2 Å². The van der Waals surface area contributed by atoms with Gasteiger partial charge in [-0.1, -0.05) is 35.3 Å². The van der Waals surface area contributed by atoms with Crippen molar-refractivity contribution in [3.63, 3.8) is 0 Å². The van der Waals surface area contributed by atoms with E-state index < -0.39 is 28.4 Å². The average molecular weight is 446 g/mol. The van der Waals surface area contributed by atoms with Crippen LogP contribution in [-0.4, -0.2) is 21.3 Å². The lowest BCUT2D eigenvalue weighted by atomic mass is 10.0. The highest BCUT2D eigenvalue weighted by Crippen LogP contribution is 2.34. The number of aromatic carboxylic acids is 1. The lowest BCUT2D eigenvalue weighted by Gasteiger charge is -2.07. The predicted octanol–water partition coefficient (Wildman–Crippen LogP) is 6.12. The molecule has 2 aromatic heterocycles. The number of hydrogen-bond donors (Lipinski definition) is 1. The van der Waals surface area contributed by atoms with Crippen LogP contribution in [0.3, 0.4) is 0 Å². The molecule has 0 spiro atoms. The standard InChI is InChI=1S/C22H11Cl2F2NO3/c23-14-7-8-15(25)19(24)18(14)21(28)17-10-13(20-16(26)2-1-9-27(17)20)11-3-5-12(6-4-11)22(29)30/h1-10H,(H,29,30). The summed E-state index contributed by atoms with van der Waals surface area (Å²) >= 11 is 12.1. The van der Waals surface area contributed by atoms with Gasteiger partial charge < -0.3 is 9.51 Å². The Morgan fingerprint density at radius 1 is 0.933 bits per heavy atom. The molecule has 0 atom stereocenters. The van der Waals surface area contributed by atoms with Crippen LogP contribution in [0.5, 0.6) is 0 Å². The highest BCUT2D eigenvalue weighted by atomic mass is 35.5. The molecule has 1 N–H and O–H groups in total.